The molecular weight excluding hydrogens is 322 g/mol. The molecule has 0 saturated carbocycles. The number of aliphatic hydroxyl groups is 1. The van der Waals surface area contributed by atoms with Crippen LogP contribution < -0.4 is 10.1 Å². The average molecular weight is 342 g/mol. The molecule has 1 atom stereocenters. The molecule has 1 saturated heterocycles. The number of aliphatic hydroxyl groups excluding tert-OH is 1. The monoisotopic (exact) mass is 341 g/mol. The zero-order valence-electron chi connectivity index (χ0n) is 13.3. The van der Waals surface area contributed by atoms with Crippen LogP contribution in [0.5, 0.6) is 5.75 Å². The van der Waals surface area contributed by atoms with E-state index in [1.807, 2.05) is 0 Å². The van der Waals surface area contributed by atoms with Gasteiger partial charge < -0.3 is 25.0 Å². The van der Waals surface area contributed by atoms with Crippen molar-refractivity contribution in [3.05, 3.63) is 22.7 Å². The Kier molecular flexibility index (Phi) is 5.33. The number of carbonyl (C=O) groups is 2. The molecule has 1 fully saturated rings. The maximum absolute atomic E-state index is 12.3. The maximum atomic E-state index is 12.3. The molecule has 126 valence electrons. The Morgan fingerprint density at radius 3 is 2.65 bits per heavy atom. The van der Waals surface area contributed by atoms with E-state index in [4.69, 9.17) is 16.3 Å². The average Bonchev–Trinajstić information content (AvgIpc) is 2.92. The van der Waals surface area contributed by atoms with Crippen LogP contribution in [0.2, 0.25) is 5.02 Å². The summed E-state index contributed by atoms with van der Waals surface area (Å²) >= 11 is 6.06. The van der Waals surface area contributed by atoms with Crippen LogP contribution in [0.3, 0.4) is 0 Å². The lowest BCUT2D eigenvalue weighted by Crippen LogP contribution is -2.34. The van der Waals surface area contributed by atoms with Gasteiger partial charge in [0.25, 0.3) is 5.91 Å². The Bertz CT molecular complexity index is 621. The van der Waals surface area contributed by atoms with Gasteiger partial charge in [0.1, 0.15) is 0 Å². The number of rotatable bonds is 3. The Labute approximate surface area is 139 Å². The van der Waals surface area contributed by atoms with Gasteiger partial charge in [0, 0.05) is 32.2 Å². The molecule has 8 heteroatoms. The van der Waals surface area contributed by atoms with Gasteiger partial charge in [-0.2, -0.15) is 0 Å². The summed E-state index contributed by atoms with van der Waals surface area (Å²) in [5.74, 6) is -0.0300. The number of nitrogens with zero attached hydrogens (tertiary/aromatic N) is 2. The number of anilines is 1. The predicted molar refractivity (Wildman–Crippen MR) is 87.2 cm³/mol. The van der Waals surface area contributed by atoms with Crippen LogP contribution in [0, 0.1) is 0 Å². The molecule has 1 aliphatic rings. The van der Waals surface area contributed by atoms with E-state index in [-0.39, 0.29) is 29.8 Å². The van der Waals surface area contributed by atoms with E-state index in [0.717, 1.165) is 0 Å². The lowest BCUT2D eigenvalue weighted by atomic mass is 10.1. The van der Waals surface area contributed by atoms with E-state index in [1.54, 1.807) is 14.1 Å². The maximum Gasteiger partial charge on any atom is 0.322 e. The van der Waals surface area contributed by atoms with Crippen molar-refractivity contribution in [1.82, 2.24) is 9.80 Å². The van der Waals surface area contributed by atoms with E-state index in [0.29, 0.717) is 23.7 Å². The summed E-state index contributed by atoms with van der Waals surface area (Å²) in [6.07, 6.45) is 0.0395. The van der Waals surface area contributed by atoms with Crippen molar-refractivity contribution in [2.24, 2.45) is 0 Å². The number of carbonyl (C=O) groups excluding carboxylic acids is 2. The lowest BCUT2D eigenvalue weighted by molar-refractivity contribution is 0.0824. The number of urea groups is 1. The van der Waals surface area contributed by atoms with Crippen LogP contribution in [0.1, 0.15) is 16.8 Å². The van der Waals surface area contributed by atoms with Crippen molar-refractivity contribution in [3.63, 3.8) is 0 Å². The molecule has 2 N–H and O–H groups in total. The largest absolute Gasteiger partial charge is 0.494 e. The number of hydrogen-bond acceptors (Lipinski definition) is 4. The van der Waals surface area contributed by atoms with Crippen LogP contribution >= 0.6 is 11.6 Å². The number of ether oxygens (including phenoxy) is 1. The normalized spacial score (nSPS) is 17.1. The fraction of sp³-hybridized carbons (Fsp3) is 0.467. The van der Waals surface area contributed by atoms with Gasteiger partial charge in [-0.15, -0.1) is 0 Å². The molecule has 1 aliphatic heterocycles. The number of benzene rings is 1. The summed E-state index contributed by atoms with van der Waals surface area (Å²) in [4.78, 5) is 27.4. The topological polar surface area (TPSA) is 82.1 Å². The summed E-state index contributed by atoms with van der Waals surface area (Å²) in [6, 6.07) is 2.65. The number of halogens is 1. The molecule has 0 radical (unpaired) electrons. The molecule has 7 nitrogen and oxygen atoms in total. The third-order valence-electron chi connectivity index (χ3n) is 3.59. The fourth-order valence-corrected chi connectivity index (χ4v) is 2.64. The van der Waals surface area contributed by atoms with Crippen LogP contribution in [-0.4, -0.2) is 67.2 Å². The number of likely N-dealkylation sites (tertiary alicyclic amines) is 1. The fourth-order valence-electron chi connectivity index (χ4n) is 2.43. The second-order valence-corrected chi connectivity index (χ2v) is 5.99. The Hall–Kier alpha value is -1.99. The molecule has 2 rings (SSSR count). The van der Waals surface area contributed by atoms with Crippen molar-refractivity contribution in [2.75, 3.05) is 39.6 Å². The molecule has 1 aromatic rings. The van der Waals surface area contributed by atoms with Gasteiger partial charge in [-0.05, 0) is 18.6 Å². The Morgan fingerprint density at radius 1 is 1.43 bits per heavy atom. The lowest BCUT2D eigenvalue weighted by Gasteiger charge is -2.20. The van der Waals surface area contributed by atoms with Crippen molar-refractivity contribution < 1.29 is 19.4 Å². The molecular formula is C15H20ClN3O4. The number of nitrogens with one attached hydrogen (secondary N) is 1. The first-order valence-corrected chi connectivity index (χ1v) is 7.54. The van der Waals surface area contributed by atoms with E-state index in [9.17, 15) is 14.7 Å². The van der Waals surface area contributed by atoms with Crippen molar-refractivity contribution in [3.8, 4) is 5.75 Å². The van der Waals surface area contributed by atoms with Crippen molar-refractivity contribution in [1.29, 1.82) is 0 Å². The standard InChI is InChI=1S/C15H20ClN3O4/c1-18(2)14(21)11-6-9(16)7-12(13(11)23-3)17-15(22)19-5-4-10(20)8-19/h6-7,10,20H,4-5,8H2,1-3H3,(H,17,22). The van der Waals surface area contributed by atoms with Gasteiger partial charge in [0.2, 0.25) is 0 Å². The van der Waals surface area contributed by atoms with Crippen LogP contribution in [-0.2, 0) is 0 Å². The van der Waals surface area contributed by atoms with Crippen LogP contribution in [0.4, 0.5) is 10.5 Å². The summed E-state index contributed by atoms with van der Waals surface area (Å²) in [5, 5.41) is 12.5. The highest BCUT2D eigenvalue weighted by atomic mass is 35.5. The molecule has 1 aromatic carbocycles. The summed E-state index contributed by atoms with van der Waals surface area (Å²) < 4.78 is 5.30. The summed E-state index contributed by atoms with van der Waals surface area (Å²) in [7, 11) is 4.66. The van der Waals surface area contributed by atoms with Crippen molar-refractivity contribution in [2.45, 2.75) is 12.5 Å². The van der Waals surface area contributed by atoms with E-state index in [2.05, 4.69) is 5.32 Å². The van der Waals surface area contributed by atoms with Crippen molar-refractivity contribution >= 4 is 29.2 Å². The minimum Gasteiger partial charge on any atom is -0.494 e. The highest BCUT2D eigenvalue weighted by Gasteiger charge is 2.26. The van der Waals surface area contributed by atoms with E-state index >= 15 is 0 Å². The van der Waals surface area contributed by atoms with Gasteiger partial charge >= 0.3 is 6.03 Å². The van der Waals surface area contributed by atoms with E-state index in [1.165, 1.54) is 29.0 Å². The highest BCUT2D eigenvalue weighted by molar-refractivity contribution is 6.31. The smallest absolute Gasteiger partial charge is 0.322 e. The third kappa shape index (κ3) is 3.86. The van der Waals surface area contributed by atoms with Gasteiger partial charge in [0.05, 0.1) is 24.5 Å². The molecule has 0 aliphatic carbocycles. The molecule has 0 spiro atoms. The zero-order valence-corrected chi connectivity index (χ0v) is 14.1. The quantitative estimate of drug-likeness (QED) is 0.875. The van der Waals surface area contributed by atoms with Gasteiger partial charge in [-0.1, -0.05) is 11.6 Å². The first-order valence-electron chi connectivity index (χ1n) is 7.16. The third-order valence-corrected chi connectivity index (χ3v) is 3.80. The predicted octanol–water partition coefficient (Wildman–Crippen LogP) is 1.65. The molecule has 3 amide bonds. The second kappa shape index (κ2) is 7.06. The van der Waals surface area contributed by atoms with Crippen LogP contribution in [0.25, 0.3) is 0 Å². The summed E-state index contributed by atoms with van der Waals surface area (Å²) in [5.41, 5.74) is 0.582. The SMILES string of the molecule is COc1c(NC(=O)N2CCC(O)C2)cc(Cl)cc1C(=O)N(C)C. The molecule has 1 heterocycles. The first-order chi connectivity index (χ1) is 10.8. The van der Waals surface area contributed by atoms with Gasteiger partial charge in [-0.25, -0.2) is 4.79 Å². The second-order valence-electron chi connectivity index (χ2n) is 5.55. The molecule has 0 aromatic heterocycles. The van der Waals surface area contributed by atoms with Crippen LogP contribution in [0.15, 0.2) is 12.1 Å². The highest BCUT2D eigenvalue weighted by Crippen LogP contribution is 2.33. The minimum atomic E-state index is -0.507. The summed E-state index contributed by atoms with van der Waals surface area (Å²) in [6.45, 7) is 0.748. The number of amides is 3. The Balaban J connectivity index is 2.30. The first kappa shape index (κ1) is 17.4. The number of hydrogen-bond donors (Lipinski definition) is 2. The molecule has 0 bridgehead atoms. The van der Waals surface area contributed by atoms with Gasteiger partial charge in [-0.3, -0.25) is 4.79 Å². The van der Waals surface area contributed by atoms with Gasteiger partial charge in [0.15, 0.2) is 5.75 Å². The Morgan fingerprint density at radius 2 is 2.13 bits per heavy atom. The number of methoxy groups -OCH3 is 1. The number of β-amino-alcohol motifs (C(OH)–C–C–N with tert-alkyl or cyclic N) is 1. The molecule has 23 heavy (non-hydrogen) atoms. The molecule has 1 unspecified atom stereocenters. The van der Waals surface area contributed by atoms with E-state index < -0.39 is 6.10 Å². The zero-order chi connectivity index (χ0) is 17.1. The minimum absolute atomic E-state index is 0.251.